The minimum Gasteiger partial charge on any atom is -0.483 e. The van der Waals surface area contributed by atoms with Crippen LogP contribution >= 0.6 is 15.9 Å². The van der Waals surface area contributed by atoms with Gasteiger partial charge in [0.2, 0.25) is 0 Å². The van der Waals surface area contributed by atoms with E-state index in [0.717, 1.165) is 16.5 Å². The smallest absolute Gasteiger partial charge is 0.262 e. The fourth-order valence-corrected chi connectivity index (χ4v) is 3.69. The molecule has 32 heavy (non-hydrogen) atoms. The van der Waals surface area contributed by atoms with E-state index in [2.05, 4.69) is 40.4 Å². The van der Waals surface area contributed by atoms with E-state index in [-0.39, 0.29) is 18.4 Å². The molecule has 6 heteroatoms. The molecule has 0 bridgehead atoms. The molecule has 0 spiro atoms. The summed E-state index contributed by atoms with van der Waals surface area (Å²) in [5, 5.41) is 5.67. The van der Waals surface area contributed by atoms with Crippen LogP contribution in [0, 0.1) is 6.92 Å². The summed E-state index contributed by atoms with van der Waals surface area (Å²) in [6.07, 6.45) is 1.06. The molecule has 1 unspecified atom stereocenters. The molecule has 3 aromatic carbocycles. The lowest BCUT2D eigenvalue weighted by atomic mass is 9.99. The predicted molar refractivity (Wildman–Crippen MR) is 133 cm³/mol. The maximum atomic E-state index is 12.4. The van der Waals surface area contributed by atoms with Gasteiger partial charge in [0.15, 0.2) is 6.61 Å². The SMILES string of the molecule is CCC(C)c1ccc(OCC(=O)Nc2ccc(NC(=O)c3ccccc3C)cc2)c(Br)c1. The van der Waals surface area contributed by atoms with Crippen molar-refractivity contribution in [1.82, 2.24) is 0 Å². The molecule has 0 aliphatic heterocycles. The van der Waals surface area contributed by atoms with Gasteiger partial charge in [-0.15, -0.1) is 0 Å². The molecule has 0 radical (unpaired) electrons. The second-order valence-electron chi connectivity index (χ2n) is 7.68. The predicted octanol–water partition coefficient (Wildman–Crippen LogP) is 6.54. The molecular formula is C26H27BrN2O3. The molecule has 0 aliphatic carbocycles. The first-order valence-corrected chi connectivity index (χ1v) is 11.4. The first kappa shape index (κ1) is 23.5. The van der Waals surface area contributed by atoms with Gasteiger partial charge in [0, 0.05) is 16.9 Å². The van der Waals surface area contributed by atoms with E-state index in [9.17, 15) is 9.59 Å². The van der Waals surface area contributed by atoms with Crippen molar-refractivity contribution in [2.45, 2.75) is 33.1 Å². The second kappa shape index (κ2) is 11.0. The van der Waals surface area contributed by atoms with E-state index >= 15 is 0 Å². The van der Waals surface area contributed by atoms with Gasteiger partial charge in [-0.25, -0.2) is 0 Å². The zero-order valence-corrected chi connectivity index (χ0v) is 20.0. The number of anilines is 2. The Balaban J connectivity index is 1.53. The lowest BCUT2D eigenvalue weighted by molar-refractivity contribution is -0.118. The number of halogens is 1. The summed E-state index contributed by atoms with van der Waals surface area (Å²) in [5.41, 5.74) is 4.04. The highest BCUT2D eigenvalue weighted by atomic mass is 79.9. The molecule has 0 fully saturated rings. The molecule has 0 heterocycles. The van der Waals surface area contributed by atoms with E-state index in [4.69, 9.17) is 4.74 Å². The third-order valence-electron chi connectivity index (χ3n) is 5.31. The largest absolute Gasteiger partial charge is 0.483 e. The van der Waals surface area contributed by atoms with E-state index in [1.165, 1.54) is 5.56 Å². The Bertz CT molecular complexity index is 1100. The number of nitrogens with one attached hydrogen (secondary N) is 2. The minimum absolute atomic E-state index is 0.104. The number of hydrogen-bond donors (Lipinski definition) is 2. The Hall–Kier alpha value is -3.12. The number of ether oxygens (including phenoxy) is 1. The van der Waals surface area contributed by atoms with Crippen molar-refractivity contribution >= 4 is 39.1 Å². The van der Waals surface area contributed by atoms with Gasteiger partial charge in [-0.05, 0) is 88.8 Å². The fourth-order valence-electron chi connectivity index (χ4n) is 3.18. The van der Waals surface area contributed by atoms with Crippen molar-refractivity contribution in [2.24, 2.45) is 0 Å². The normalized spacial score (nSPS) is 11.5. The number of amides is 2. The average Bonchev–Trinajstić information content (AvgIpc) is 2.79. The zero-order valence-electron chi connectivity index (χ0n) is 18.4. The van der Waals surface area contributed by atoms with Gasteiger partial charge in [0.1, 0.15) is 5.75 Å². The lowest BCUT2D eigenvalue weighted by Crippen LogP contribution is -2.20. The van der Waals surface area contributed by atoms with Crippen LogP contribution in [-0.4, -0.2) is 18.4 Å². The van der Waals surface area contributed by atoms with Crippen molar-refractivity contribution in [2.75, 3.05) is 17.2 Å². The number of carbonyl (C=O) groups excluding carboxylic acids is 2. The summed E-state index contributed by atoms with van der Waals surface area (Å²) in [6, 6.07) is 20.3. The van der Waals surface area contributed by atoms with Crippen LogP contribution in [0.5, 0.6) is 5.75 Å². The molecule has 0 saturated carbocycles. The van der Waals surface area contributed by atoms with Crippen LogP contribution in [0.25, 0.3) is 0 Å². The van der Waals surface area contributed by atoms with Crippen molar-refractivity contribution < 1.29 is 14.3 Å². The molecule has 3 rings (SSSR count). The zero-order chi connectivity index (χ0) is 23.1. The minimum atomic E-state index is -0.264. The monoisotopic (exact) mass is 494 g/mol. The summed E-state index contributed by atoms with van der Waals surface area (Å²) in [5.74, 6) is 0.660. The quantitative estimate of drug-likeness (QED) is 0.373. The van der Waals surface area contributed by atoms with Gasteiger partial charge < -0.3 is 15.4 Å². The van der Waals surface area contributed by atoms with Crippen LogP contribution in [-0.2, 0) is 4.79 Å². The van der Waals surface area contributed by atoms with E-state index in [0.29, 0.717) is 28.6 Å². The summed E-state index contributed by atoms with van der Waals surface area (Å²) >= 11 is 3.52. The molecule has 0 aliphatic rings. The first-order chi connectivity index (χ1) is 15.4. The second-order valence-corrected chi connectivity index (χ2v) is 8.54. The van der Waals surface area contributed by atoms with Crippen LogP contribution in [0.3, 0.4) is 0 Å². The Kier molecular flexibility index (Phi) is 8.06. The van der Waals surface area contributed by atoms with Crippen LogP contribution in [0.15, 0.2) is 71.2 Å². The number of hydrogen-bond acceptors (Lipinski definition) is 3. The van der Waals surface area contributed by atoms with Crippen LogP contribution < -0.4 is 15.4 Å². The van der Waals surface area contributed by atoms with E-state index < -0.39 is 0 Å². The molecule has 0 saturated heterocycles. The maximum Gasteiger partial charge on any atom is 0.262 e. The summed E-state index contributed by atoms with van der Waals surface area (Å²) in [6.45, 7) is 6.12. The van der Waals surface area contributed by atoms with Gasteiger partial charge in [-0.3, -0.25) is 9.59 Å². The fraction of sp³-hybridized carbons (Fsp3) is 0.231. The Morgan fingerprint density at radius 2 is 1.62 bits per heavy atom. The van der Waals surface area contributed by atoms with Crippen molar-refractivity contribution in [3.63, 3.8) is 0 Å². The molecule has 1 atom stereocenters. The van der Waals surface area contributed by atoms with Crippen LogP contribution in [0.2, 0.25) is 0 Å². The number of carbonyl (C=O) groups is 2. The van der Waals surface area contributed by atoms with Gasteiger partial charge in [0.05, 0.1) is 4.47 Å². The highest BCUT2D eigenvalue weighted by Crippen LogP contribution is 2.30. The van der Waals surface area contributed by atoms with Crippen LogP contribution in [0.1, 0.15) is 47.7 Å². The third-order valence-corrected chi connectivity index (χ3v) is 5.93. The van der Waals surface area contributed by atoms with Gasteiger partial charge >= 0.3 is 0 Å². The van der Waals surface area contributed by atoms with E-state index in [1.807, 2.05) is 43.3 Å². The summed E-state index contributed by atoms with van der Waals surface area (Å²) < 4.78 is 6.49. The third kappa shape index (κ3) is 6.20. The Morgan fingerprint density at radius 1 is 0.969 bits per heavy atom. The van der Waals surface area contributed by atoms with Crippen molar-refractivity contribution in [3.8, 4) is 5.75 Å². The van der Waals surface area contributed by atoms with Crippen molar-refractivity contribution in [3.05, 3.63) is 87.9 Å². The molecule has 2 N–H and O–H groups in total. The number of rotatable bonds is 8. The molecule has 2 amide bonds. The Labute approximate surface area is 197 Å². The molecule has 166 valence electrons. The lowest BCUT2D eigenvalue weighted by Gasteiger charge is -2.13. The number of aryl methyl sites for hydroxylation is 1. The molecular weight excluding hydrogens is 468 g/mol. The van der Waals surface area contributed by atoms with E-state index in [1.54, 1.807) is 30.3 Å². The maximum absolute atomic E-state index is 12.4. The summed E-state index contributed by atoms with van der Waals surface area (Å²) in [7, 11) is 0. The topological polar surface area (TPSA) is 67.4 Å². The molecule has 0 aromatic heterocycles. The molecule has 5 nitrogen and oxygen atoms in total. The molecule has 3 aromatic rings. The standard InChI is InChI=1S/C26H27BrN2O3/c1-4-17(2)19-9-14-24(23(27)15-19)32-16-25(30)28-20-10-12-21(13-11-20)29-26(31)22-8-6-5-7-18(22)3/h5-15,17H,4,16H2,1-3H3,(H,28,30)(H,29,31). The van der Waals surface area contributed by atoms with Gasteiger partial charge in [-0.1, -0.05) is 38.1 Å². The van der Waals surface area contributed by atoms with Gasteiger partial charge in [-0.2, -0.15) is 0 Å². The highest BCUT2D eigenvalue weighted by molar-refractivity contribution is 9.10. The van der Waals surface area contributed by atoms with Gasteiger partial charge in [0.25, 0.3) is 11.8 Å². The summed E-state index contributed by atoms with van der Waals surface area (Å²) in [4.78, 5) is 24.7. The average molecular weight is 495 g/mol. The van der Waals surface area contributed by atoms with Crippen LogP contribution in [0.4, 0.5) is 11.4 Å². The van der Waals surface area contributed by atoms with Crippen molar-refractivity contribution in [1.29, 1.82) is 0 Å². The number of benzene rings is 3. The highest BCUT2D eigenvalue weighted by Gasteiger charge is 2.11. The first-order valence-electron chi connectivity index (χ1n) is 10.6. The Morgan fingerprint density at radius 3 is 2.25 bits per heavy atom.